The largest absolute Gasteiger partial charge is 0.506 e. The number of aromatic nitrogens is 1. The number of hydrogen-bond donors (Lipinski definition) is 1. The van der Waals surface area contributed by atoms with Crippen molar-refractivity contribution in [1.82, 2.24) is 4.98 Å². The van der Waals surface area contributed by atoms with E-state index >= 15 is 0 Å². The highest BCUT2D eigenvalue weighted by atomic mass is 16.5. The molecule has 0 spiro atoms. The topological polar surface area (TPSA) is 63.9 Å². The lowest BCUT2D eigenvalue weighted by atomic mass is 9.94. The van der Waals surface area contributed by atoms with Gasteiger partial charge in [0.25, 0.3) is 0 Å². The molecular weight excluding hydrogens is 436 g/mol. The Hall–Kier alpha value is -3.86. The van der Waals surface area contributed by atoms with E-state index in [9.17, 15) is 5.11 Å². The third kappa shape index (κ3) is 3.63. The molecule has 1 aromatic heterocycles. The van der Waals surface area contributed by atoms with E-state index in [1.807, 2.05) is 56.3 Å². The van der Waals surface area contributed by atoms with Crippen molar-refractivity contribution >= 4 is 16.8 Å². The molecule has 35 heavy (non-hydrogen) atoms. The fourth-order valence-corrected chi connectivity index (χ4v) is 5.03. The van der Waals surface area contributed by atoms with Gasteiger partial charge in [0.1, 0.15) is 28.6 Å². The van der Waals surface area contributed by atoms with Crippen LogP contribution in [0.3, 0.4) is 0 Å². The van der Waals surface area contributed by atoms with Gasteiger partial charge < -0.3 is 14.6 Å². The summed E-state index contributed by atoms with van der Waals surface area (Å²) in [5, 5.41) is 11.2. The van der Waals surface area contributed by atoms with Gasteiger partial charge in [-0.3, -0.25) is 0 Å². The summed E-state index contributed by atoms with van der Waals surface area (Å²) >= 11 is 0. The summed E-state index contributed by atoms with van der Waals surface area (Å²) < 4.78 is 21.6. The second-order valence-corrected chi connectivity index (χ2v) is 9.90. The lowest BCUT2D eigenvalue weighted by Crippen LogP contribution is -2.27. The Morgan fingerprint density at radius 2 is 1.94 bits per heavy atom. The van der Waals surface area contributed by atoms with Crippen molar-refractivity contribution in [2.45, 2.75) is 51.7 Å². The number of pyridine rings is 1. The SMILES string of the molecule is [2H][C@@]12Cc3ccccc3[C@]1(C)N=C(c1cc(Oc3ccc4cc(C)cc(O)c4n3)cc(C(C)C)c1)O2. The van der Waals surface area contributed by atoms with E-state index in [-0.39, 0.29) is 11.7 Å². The highest BCUT2D eigenvalue weighted by Gasteiger charge is 2.49. The fraction of sp³-hybridized carbons (Fsp3) is 0.267. The number of rotatable bonds is 4. The van der Waals surface area contributed by atoms with Crippen LogP contribution in [-0.4, -0.2) is 22.1 Å². The van der Waals surface area contributed by atoms with Gasteiger partial charge in [0, 0.05) is 23.4 Å². The quantitative estimate of drug-likeness (QED) is 0.361. The molecule has 0 saturated heterocycles. The Balaban J connectivity index is 1.40. The molecule has 0 unspecified atom stereocenters. The van der Waals surface area contributed by atoms with Crippen molar-refractivity contribution < 1.29 is 16.0 Å². The number of nitrogens with zero attached hydrogens (tertiary/aromatic N) is 2. The Morgan fingerprint density at radius 3 is 2.77 bits per heavy atom. The average molecular weight is 466 g/mol. The van der Waals surface area contributed by atoms with Crippen molar-refractivity contribution in [2.24, 2.45) is 4.99 Å². The van der Waals surface area contributed by atoms with Gasteiger partial charge >= 0.3 is 0 Å². The van der Waals surface area contributed by atoms with E-state index in [1.54, 1.807) is 12.1 Å². The molecule has 6 rings (SSSR count). The van der Waals surface area contributed by atoms with Gasteiger partial charge in [0.2, 0.25) is 11.8 Å². The molecular formula is C30H28N2O3. The van der Waals surface area contributed by atoms with Gasteiger partial charge in [-0.25, -0.2) is 9.98 Å². The first kappa shape index (κ1) is 20.5. The molecule has 0 bridgehead atoms. The molecule has 2 atom stereocenters. The lowest BCUT2D eigenvalue weighted by Gasteiger charge is -2.20. The summed E-state index contributed by atoms with van der Waals surface area (Å²) in [6.45, 7) is 8.15. The van der Waals surface area contributed by atoms with Crippen LogP contribution in [0.1, 0.15) is 55.9 Å². The summed E-state index contributed by atoms with van der Waals surface area (Å²) in [5.41, 5.74) is 4.68. The predicted octanol–water partition coefficient (Wildman–Crippen LogP) is 6.78. The molecule has 5 heteroatoms. The van der Waals surface area contributed by atoms with Crippen LogP contribution in [-0.2, 0) is 16.7 Å². The Morgan fingerprint density at radius 1 is 1.11 bits per heavy atom. The Kier molecular flexibility index (Phi) is 4.59. The number of aryl methyl sites for hydroxylation is 1. The first-order valence-electron chi connectivity index (χ1n) is 12.5. The van der Waals surface area contributed by atoms with Crippen LogP contribution in [0.2, 0.25) is 0 Å². The third-order valence-corrected chi connectivity index (χ3v) is 6.94. The smallest absolute Gasteiger partial charge is 0.219 e. The molecule has 176 valence electrons. The van der Waals surface area contributed by atoms with Crippen molar-refractivity contribution in [3.63, 3.8) is 0 Å². The monoisotopic (exact) mass is 465 g/mol. The zero-order valence-electron chi connectivity index (χ0n) is 21.3. The highest BCUT2D eigenvalue weighted by molar-refractivity contribution is 5.97. The predicted molar refractivity (Wildman–Crippen MR) is 138 cm³/mol. The van der Waals surface area contributed by atoms with E-state index in [2.05, 4.69) is 31.0 Å². The number of aliphatic imine (C=N–C) groups is 1. The summed E-state index contributed by atoms with van der Waals surface area (Å²) in [5.74, 6) is 1.81. The van der Waals surface area contributed by atoms with Crippen LogP contribution >= 0.6 is 0 Å². The number of fused-ring (bicyclic) bond motifs is 4. The lowest BCUT2D eigenvalue weighted by molar-refractivity contribution is 0.162. The molecule has 0 radical (unpaired) electrons. The number of ether oxygens (including phenoxy) is 2. The number of phenolic OH excluding ortho intramolecular Hbond substituents is 1. The van der Waals surface area contributed by atoms with E-state index in [0.717, 1.165) is 33.2 Å². The van der Waals surface area contributed by atoms with Crippen LogP contribution in [0.15, 0.2) is 71.7 Å². The third-order valence-electron chi connectivity index (χ3n) is 6.94. The maximum absolute atomic E-state index is 10.4. The molecule has 0 amide bonds. The zero-order valence-corrected chi connectivity index (χ0v) is 20.3. The zero-order chi connectivity index (χ0) is 25.2. The number of benzene rings is 3. The average Bonchev–Trinajstić information content (AvgIpc) is 3.22. The summed E-state index contributed by atoms with van der Waals surface area (Å²) in [4.78, 5) is 9.52. The van der Waals surface area contributed by atoms with Crippen LogP contribution in [0.25, 0.3) is 10.9 Å². The number of hydrogen-bond acceptors (Lipinski definition) is 5. The van der Waals surface area contributed by atoms with Crippen molar-refractivity contribution in [3.05, 3.63) is 94.5 Å². The van der Waals surface area contributed by atoms with Crippen LogP contribution in [0.4, 0.5) is 0 Å². The van der Waals surface area contributed by atoms with Crippen LogP contribution in [0, 0.1) is 6.92 Å². The van der Waals surface area contributed by atoms with Gasteiger partial charge in [-0.15, -0.1) is 0 Å². The molecule has 5 nitrogen and oxygen atoms in total. The van der Waals surface area contributed by atoms with Crippen LogP contribution in [0.5, 0.6) is 17.4 Å². The second kappa shape index (κ2) is 7.84. The molecule has 3 aromatic carbocycles. The second-order valence-electron chi connectivity index (χ2n) is 9.90. The van der Waals surface area contributed by atoms with Crippen molar-refractivity contribution in [2.75, 3.05) is 0 Å². The highest BCUT2D eigenvalue weighted by Crippen LogP contribution is 2.46. The maximum Gasteiger partial charge on any atom is 0.219 e. The van der Waals surface area contributed by atoms with E-state index < -0.39 is 11.6 Å². The molecule has 1 aliphatic heterocycles. The first-order valence-corrected chi connectivity index (χ1v) is 12.0. The normalized spacial score (nSPS) is 23.0. The van der Waals surface area contributed by atoms with Gasteiger partial charge in [-0.1, -0.05) is 38.1 Å². The molecule has 1 N–H and O–H groups in total. The fourth-order valence-electron chi connectivity index (χ4n) is 5.03. The van der Waals surface area contributed by atoms with Crippen molar-refractivity contribution in [3.8, 4) is 17.4 Å². The van der Waals surface area contributed by atoms with E-state index in [4.69, 9.17) is 15.8 Å². The number of aromatic hydroxyl groups is 1. The summed E-state index contributed by atoms with van der Waals surface area (Å²) in [7, 11) is 0. The Labute approximate surface area is 206 Å². The first-order chi connectivity index (χ1) is 17.1. The maximum atomic E-state index is 10.4. The van der Waals surface area contributed by atoms with Gasteiger partial charge in [-0.05, 0) is 78.4 Å². The van der Waals surface area contributed by atoms with E-state index in [1.165, 1.54) is 0 Å². The molecule has 0 fully saturated rings. The minimum absolute atomic E-state index is 0.126. The van der Waals surface area contributed by atoms with Crippen molar-refractivity contribution in [1.29, 1.82) is 0 Å². The molecule has 2 aliphatic rings. The van der Waals surface area contributed by atoms with Crippen LogP contribution < -0.4 is 4.74 Å². The molecule has 0 saturated carbocycles. The molecule has 4 aromatic rings. The van der Waals surface area contributed by atoms with Gasteiger partial charge in [0.05, 0.1) is 1.37 Å². The molecule has 2 heterocycles. The van der Waals surface area contributed by atoms with E-state index in [0.29, 0.717) is 29.5 Å². The molecule has 1 aliphatic carbocycles. The minimum Gasteiger partial charge on any atom is -0.506 e. The standard InChI is InChI=1S/C30H28N2O3/c1-17(2)21-13-22(29-32-30(4)24-8-6-5-7-19(24)16-26(30)35-29)15-23(14-21)34-27-10-9-20-11-18(3)12-25(33)28(20)31-27/h5-15,17,26,33H,16H2,1-4H3/t26-,30+/m1/s1/i26D. The summed E-state index contributed by atoms with van der Waals surface area (Å²) in [6, 6.07) is 21.4. The number of phenols is 1. The van der Waals surface area contributed by atoms with Gasteiger partial charge in [-0.2, -0.15) is 0 Å². The minimum atomic E-state index is -1.18. The van der Waals surface area contributed by atoms with Gasteiger partial charge in [0.15, 0.2) is 0 Å². The Bertz CT molecular complexity index is 1560. The summed E-state index contributed by atoms with van der Waals surface area (Å²) in [6.07, 6.45) is -0.694.